The molecule has 3 unspecified atom stereocenters. The van der Waals surface area contributed by atoms with Crippen LogP contribution in [0.3, 0.4) is 0 Å². The van der Waals surface area contributed by atoms with E-state index in [9.17, 15) is 14.4 Å². The summed E-state index contributed by atoms with van der Waals surface area (Å²) in [4.78, 5) is 39.1. The zero-order chi connectivity index (χ0) is 30.4. The molecule has 0 saturated heterocycles. The maximum Gasteiger partial charge on any atom is 0.309 e. The summed E-state index contributed by atoms with van der Waals surface area (Å²) in [7, 11) is 0. The van der Waals surface area contributed by atoms with E-state index >= 15 is 0 Å². The van der Waals surface area contributed by atoms with Gasteiger partial charge in [0.2, 0.25) is 11.8 Å². The summed E-state index contributed by atoms with van der Waals surface area (Å²) in [6.45, 7) is 8.21. The Morgan fingerprint density at radius 2 is 1.55 bits per heavy atom. The molecule has 3 N–H and O–H groups in total. The first-order valence-corrected chi connectivity index (χ1v) is 14.7. The van der Waals surface area contributed by atoms with E-state index in [2.05, 4.69) is 23.8 Å². The lowest BCUT2D eigenvalue weighted by molar-refractivity contribution is -0.150. The van der Waals surface area contributed by atoms with Crippen LogP contribution in [-0.2, 0) is 36.7 Å². The number of aliphatic hydroxyl groups is 1. The molecule has 2 rings (SSSR count). The lowest BCUT2D eigenvalue weighted by Gasteiger charge is -2.24. The van der Waals surface area contributed by atoms with Gasteiger partial charge in [-0.2, -0.15) is 0 Å². The molecule has 2 aromatic rings. The summed E-state index contributed by atoms with van der Waals surface area (Å²) in [5, 5.41) is 14.5. The van der Waals surface area contributed by atoms with Crippen molar-refractivity contribution in [2.45, 2.75) is 51.0 Å². The molecule has 3 atom stereocenters. The number of nitrogens with one attached hydrogen (secondary N) is 2. The van der Waals surface area contributed by atoms with E-state index in [-0.39, 0.29) is 63.1 Å². The third kappa shape index (κ3) is 14.2. The molecule has 0 aliphatic carbocycles. The van der Waals surface area contributed by atoms with Crippen molar-refractivity contribution >= 4 is 17.8 Å². The van der Waals surface area contributed by atoms with Crippen LogP contribution in [0.1, 0.15) is 43.2 Å². The third-order valence-corrected chi connectivity index (χ3v) is 6.78. The Morgan fingerprint density at radius 3 is 2.17 bits per heavy atom. The van der Waals surface area contributed by atoms with E-state index in [0.717, 1.165) is 24.0 Å². The van der Waals surface area contributed by atoms with Crippen molar-refractivity contribution in [3.05, 3.63) is 97.1 Å². The van der Waals surface area contributed by atoms with Gasteiger partial charge in [0.05, 0.1) is 37.7 Å². The van der Waals surface area contributed by atoms with Crippen LogP contribution in [0.15, 0.2) is 86.0 Å². The molecule has 2 amide bonds. The monoisotopic (exact) mass is 578 g/mol. The highest BCUT2D eigenvalue weighted by Crippen LogP contribution is 2.18. The molecule has 8 heteroatoms. The summed E-state index contributed by atoms with van der Waals surface area (Å²) < 4.78 is 11.0. The van der Waals surface area contributed by atoms with E-state index in [1.807, 2.05) is 66.7 Å². The van der Waals surface area contributed by atoms with Crippen molar-refractivity contribution in [3.8, 4) is 0 Å². The van der Waals surface area contributed by atoms with Gasteiger partial charge in [-0.15, -0.1) is 13.2 Å². The van der Waals surface area contributed by atoms with E-state index < -0.39 is 12.0 Å². The van der Waals surface area contributed by atoms with E-state index in [1.54, 1.807) is 6.08 Å². The maximum atomic E-state index is 13.3. The fourth-order valence-corrected chi connectivity index (χ4v) is 4.59. The van der Waals surface area contributed by atoms with Gasteiger partial charge in [0, 0.05) is 13.0 Å². The number of unbranched alkanes of at least 4 members (excludes halogenated alkanes) is 1. The molecule has 0 aliphatic rings. The predicted octanol–water partition coefficient (Wildman–Crippen LogP) is 4.18. The zero-order valence-corrected chi connectivity index (χ0v) is 24.5. The van der Waals surface area contributed by atoms with Crippen LogP contribution < -0.4 is 10.6 Å². The smallest absolute Gasteiger partial charge is 0.309 e. The highest BCUT2D eigenvalue weighted by atomic mass is 16.5. The van der Waals surface area contributed by atoms with Crippen LogP contribution in [0.5, 0.6) is 0 Å². The summed E-state index contributed by atoms with van der Waals surface area (Å²) in [5.74, 6) is -1.80. The Balaban J connectivity index is 2.06. The predicted molar refractivity (Wildman–Crippen MR) is 165 cm³/mol. The lowest BCUT2D eigenvalue weighted by Crippen LogP contribution is -2.44. The van der Waals surface area contributed by atoms with E-state index in [0.29, 0.717) is 25.7 Å². The molecule has 0 radical (unpaired) electrons. The quantitative estimate of drug-likeness (QED) is 0.110. The molecule has 228 valence electrons. The van der Waals surface area contributed by atoms with Crippen molar-refractivity contribution in [2.24, 2.45) is 11.8 Å². The number of esters is 1. The van der Waals surface area contributed by atoms with Gasteiger partial charge in [-0.25, -0.2) is 0 Å². The third-order valence-electron chi connectivity index (χ3n) is 6.78. The number of hydrogen-bond donors (Lipinski definition) is 3. The lowest BCUT2D eigenvalue weighted by atomic mass is 9.94. The van der Waals surface area contributed by atoms with Gasteiger partial charge in [0.1, 0.15) is 6.61 Å². The molecule has 0 fully saturated rings. The normalized spacial score (nSPS) is 12.9. The highest BCUT2D eigenvalue weighted by Gasteiger charge is 2.26. The first kappa shape index (κ1) is 34.5. The average Bonchev–Trinajstić information content (AvgIpc) is 3.00. The van der Waals surface area contributed by atoms with Gasteiger partial charge in [0.15, 0.2) is 0 Å². The van der Waals surface area contributed by atoms with Crippen LogP contribution in [0, 0.1) is 11.8 Å². The number of ether oxygens (including phenoxy) is 2. The minimum Gasteiger partial charge on any atom is -0.463 e. The second-order valence-corrected chi connectivity index (χ2v) is 10.2. The number of rotatable bonds is 22. The summed E-state index contributed by atoms with van der Waals surface area (Å²) in [6, 6.07) is 19.1. The second-order valence-electron chi connectivity index (χ2n) is 10.2. The molecule has 0 aliphatic heterocycles. The minimum absolute atomic E-state index is 0.0153. The molecule has 42 heavy (non-hydrogen) atoms. The highest BCUT2D eigenvalue weighted by molar-refractivity contribution is 5.86. The first-order valence-electron chi connectivity index (χ1n) is 14.7. The Labute approximate surface area is 250 Å². The summed E-state index contributed by atoms with van der Waals surface area (Å²) >= 11 is 0. The Morgan fingerprint density at radius 1 is 0.881 bits per heavy atom. The molecule has 0 saturated carbocycles. The Kier molecular flexibility index (Phi) is 17.2. The van der Waals surface area contributed by atoms with Gasteiger partial charge >= 0.3 is 5.97 Å². The molecule has 0 heterocycles. The largest absolute Gasteiger partial charge is 0.463 e. The van der Waals surface area contributed by atoms with Crippen LogP contribution >= 0.6 is 0 Å². The number of benzene rings is 2. The number of carbonyl (C=O) groups excluding carboxylic acids is 3. The second kappa shape index (κ2) is 21.0. The molecule has 2 aromatic carbocycles. The molecule has 0 bridgehead atoms. The van der Waals surface area contributed by atoms with E-state index in [1.165, 1.54) is 0 Å². The topological polar surface area (TPSA) is 114 Å². The van der Waals surface area contributed by atoms with E-state index in [4.69, 9.17) is 14.6 Å². The fourth-order valence-electron chi connectivity index (χ4n) is 4.59. The number of allylic oxidation sites excluding steroid dienone is 2. The zero-order valence-electron chi connectivity index (χ0n) is 24.5. The van der Waals surface area contributed by atoms with Crippen LogP contribution in [-0.4, -0.2) is 61.9 Å². The van der Waals surface area contributed by atoms with Crippen molar-refractivity contribution in [1.82, 2.24) is 10.6 Å². The van der Waals surface area contributed by atoms with Crippen molar-refractivity contribution in [3.63, 3.8) is 0 Å². The van der Waals surface area contributed by atoms with Gasteiger partial charge in [0.25, 0.3) is 0 Å². The van der Waals surface area contributed by atoms with Crippen LogP contribution in [0.2, 0.25) is 0 Å². The van der Waals surface area contributed by atoms with Gasteiger partial charge in [-0.1, -0.05) is 72.8 Å². The van der Waals surface area contributed by atoms with Gasteiger partial charge in [-0.3, -0.25) is 14.4 Å². The minimum atomic E-state index is -0.625. The molecule has 0 spiro atoms. The maximum absolute atomic E-state index is 13.3. The van der Waals surface area contributed by atoms with Crippen LogP contribution in [0.25, 0.3) is 0 Å². The summed E-state index contributed by atoms with van der Waals surface area (Å²) in [6.07, 6.45) is 7.14. The average molecular weight is 579 g/mol. The Bertz CT molecular complexity index is 1080. The van der Waals surface area contributed by atoms with Crippen LogP contribution in [0.4, 0.5) is 0 Å². The molecule has 8 nitrogen and oxygen atoms in total. The molecule has 0 aromatic heterocycles. The van der Waals surface area contributed by atoms with Crippen molar-refractivity contribution < 1.29 is 29.0 Å². The number of carbonyl (C=O) groups is 3. The SMILES string of the molecule is C=CCCCC(Cc1ccccc1)C(=O)OCC(Cc1ccccc1)NC(=O)C(CC=C)CC(=O)NCCOCCO. The first-order chi connectivity index (χ1) is 20.5. The van der Waals surface area contributed by atoms with Gasteiger partial charge in [-0.05, 0) is 49.7 Å². The number of hydrogen-bond acceptors (Lipinski definition) is 6. The number of aliphatic hydroxyl groups excluding tert-OH is 1. The van der Waals surface area contributed by atoms with Crippen molar-refractivity contribution in [1.29, 1.82) is 0 Å². The van der Waals surface area contributed by atoms with Gasteiger partial charge < -0.3 is 25.2 Å². The standard InChI is InChI=1S/C34H46N2O6/c1-3-5-8-18-30(23-27-14-9-6-10-15-27)34(40)42-26-31(24-28-16-11-7-12-17-28)36-33(39)29(13-4-2)25-32(38)35-19-21-41-22-20-37/h3-4,6-7,9-12,14-17,29-31,37H,1-2,5,8,13,18-26H2,(H,35,38)(H,36,39). The molecular formula is C34H46N2O6. The molecular weight excluding hydrogens is 532 g/mol. The van der Waals surface area contributed by atoms with Crippen molar-refractivity contribution in [2.75, 3.05) is 33.0 Å². The number of amides is 2. The fraction of sp³-hybridized carbons (Fsp3) is 0.441. The Hall–Kier alpha value is -3.75. The summed E-state index contributed by atoms with van der Waals surface area (Å²) in [5.41, 5.74) is 2.06.